The Morgan fingerprint density at radius 1 is 0.970 bits per heavy atom. The van der Waals surface area contributed by atoms with E-state index in [1.807, 2.05) is 30.3 Å². The van der Waals surface area contributed by atoms with E-state index in [9.17, 15) is 13.2 Å². The number of anilines is 1. The molecule has 1 N–H and O–H groups in total. The van der Waals surface area contributed by atoms with Crippen molar-refractivity contribution in [1.82, 2.24) is 4.31 Å². The minimum absolute atomic E-state index is 0.162. The maximum atomic E-state index is 12.5. The number of aryl methyl sites for hydroxylation is 1. The van der Waals surface area contributed by atoms with Gasteiger partial charge in [0.25, 0.3) is 0 Å². The fraction of sp³-hybridized carbons (Fsp3) is 0.240. The van der Waals surface area contributed by atoms with E-state index in [2.05, 4.69) is 5.32 Å². The molecule has 0 radical (unpaired) electrons. The van der Waals surface area contributed by atoms with Crippen LogP contribution in [0, 0.1) is 0 Å². The highest BCUT2D eigenvalue weighted by Gasteiger charge is 2.19. The summed E-state index contributed by atoms with van der Waals surface area (Å²) in [5.41, 5.74) is 2.39. The molecule has 0 atom stereocenters. The SMILES string of the molecule is COc1ccc(S(=O)(=O)N(C)C)cc1CCC(=O)Nc1ccc(OCc2ccccc2)cc1. The van der Waals surface area contributed by atoms with Crippen molar-refractivity contribution in [3.63, 3.8) is 0 Å². The zero-order valence-electron chi connectivity index (χ0n) is 18.9. The quantitative estimate of drug-likeness (QED) is 0.484. The Hall–Kier alpha value is -3.36. The van der Waals surface area contributed by atoms with Gasteiger partial charge in [-0.25, -0.2) is 12.7 Å². The summed E-state index contributed by atoms with van der Waals surface area (Å²) < 4.78 is 37.1. The molecule has 33 heavy (non-hydrogen) atoms. The summed E-state index contributed by atoms with van der Waals surface area (Å²) >= 11 is 0. The Balaban J connectivity index is 1.58. The maximum Gasteiger partial charge on any atom is 0.242 e. The Morgan fingerprint density at radius 3 is 2.30 bits per heavy atom. The van der Waals surface area contributed by atoms with Crippen molar-refractivity contribution in [1.29, 1.82) is 0 Å². The van der Waals surface area contributed by atoms with Gasteiger partial charge in [-0.15, -0.1) is 0 Å². The van der Waals surface area contributed by atoms with E-state index < -0.39 is 10.0 Å². The van der Waals surface area contributed by atoms with Gasteiger partial charge < -0.3 is 14.8 Å². The summed E-state index contributed by atoms with van der Waals surface area (Å²) in [6.07, 6.45) is 0.512. The van der Waals surface area contributed by atoms with Crippen LogP contribution < -0.4 is 14.8 Å². The number of nitrogens with zero attached hydrogens (tertiary/aromatic N) is 1. The van der Waals surface area contributed by atoms with E-state index in [0.29, 0.717) is 35.8 Å². The number of benzene rings is 3. The average Bonchev–Trinajstić information content (AvgIpc) is 2.82. The highest BCUT2D eigenvalue weighted by molar-refractivity contribution is 7.89. The number of carbonyl (C=O) groups is 1. The van der Waals surface area contributed by atoms with E-state index in [-0.39, 0.29) is 17.2 Å². The zero-order chi connectivity index (χ0) is 23.8. The van der Waals surface area contributed by atoms with Crippen LogP contribution in [0.2, 0.25) is 0 Å². The second-order valence-electron chi connectivity index (χ2n) is 7.61. The molecule has 0 bridgehead atoms. The normalized spacial score (nSPS) is 11.3. The standard InChI is InChI=1S/C25H28N2O5S/c1-27(2)33(29,30)23-14-15-24(31-3)20(17-23)9-16-25(28)26-21-10-12-22(13-11-21)32-18-19-7-5-4-6-8-19/h4-8,10-15,17H,9,16,18H2,1-3H3,(H,26,28). The number of nitrogens with one attached hydrogen (secondary N) is 1. The van der Waals surface area contributed by atoms with Gasteiger partial charge >= 0.3 is 0 Å². The van der Waals surface area contributed by atoms with Gasteiger partial charge in [-0.1, -0.05) is 30.3 Å². The highest BCUT2D eigenvalue weighted by Crippen LogP contribution is 2.25. The average molecular weight is 469 g/mol. The van der Waals surface area contributed by atoms with Gasteiger partial charge in [0.1, 0.15) is 18.1 Å². The fourth-order valence-corrected chi connectivity index (χ4v) is 4.12. The van der Waals surface area contributed by atoms with Crippen LogP contribution in [0.3, 0.4) is 0 Å². The molecule has 1 amide bonds. The zero-order valence-corrected chi connectivity index (χ0v) is 19.8. The van der Waals surface area contributed by atoms with Crippen molar-refractivity contribution in [2.24, 2.45) is 0 Å². The van der Waals surface area contributed by atoms with E-state index >= 15 is 0 Å². The molecule has 3 rings (SSSR count). The Bertz CT molecular complexity index is 1180. The first-order valence-electron chi connectivity index (χ1n) is 10.5. The second-order valence-corrected chi connectivity index (χ2v) is 9.76. The Labute approximate surface area is 195 Å². The monoisotopic (exact) mass is 468 g/mol. The van der Waals surface area contributed by atoms with Crippen LogP contribution in [0.25, 0.3) is 0 Å². The number of hydrogen-bond donors (Lipinski definition) is 1. The van der Waals surface area contributed by atoms with Gasteiger partial charge in [0.05, 0.1) is 12.0 Å². The lowest BCUT2D eigenvalue weighted by atomic mass is 10.1. The smallest absolute Gasteiger partial charge is 0.242 e. The summed E-state index contributed by atoms with van der Waals surface area (Å²) in [7, 11) is 0.895. The maximum absolute atomic E-state index is 12.5. The van der Waals surface area contributed by atoms with Crippen LogP contribution in [0.5, 0.6) is 11.5 Å². The van der Waals surface area contributed by atoms with Crippen molar-refractivity contribution in [2.75, 3.05) is 26.5 Å². The Kier molecular flexibility index (Phi) is 8.08. The molecular formula is C25H28N2O5S. The third-order valence-electron chi connectivity index (χ3n) is 5.04. The van der Waals surface area contributed by atoms with Crippen molar-refractivity contribution in [3.05, 3.63) is 83.9 Å². The van der Waals surface area contributed by atoms with Gasteiger partial charge in [0.15, 0.2) is 0 Å². The molecule has 0 aromatic heterocycles. The number of sulfonamides is 1. The Morgan fingerprint density at radius 2 is 1.67 bits per heavy atom. The number of rotatable bonds is 10. The lowest BCUT2D eigenvalue weighted by Crippen LogP contribution is -2.22. The lowest BCUT2D eigenvalue weighted by Gasteiger charge is -2.14. The van der Waals surface area contributed by atoms with Crippen LogP contribution >= 0.6 is 0 Å². The molecule has 0 unspecified atom stereocenters. The lowest BCUT2D eigenvalue weighted by molar-refractivity contribution is -0.116. The molecule has 3 aromatic carbocycles. The van der Waals surface area contributed by atoms with E-state index in [1.165, 1.54) is 27.3 Å². The topological polar surface area (TPSA) is 84.9 Å². The molecule has 0 fully saturated rings. The molecule has 3 aromatic rings. The largest absolute Gasteiger partial charge is 0.496 e. The second kappa shape index (κ2) is 11.0. The number of hydrogen-bond acceptors (Lipinski definition) is 5. The van der Waals surface area contributed by atoms with Crippen molar-refractivity contribution < 1.29 is 22.7 Å². The minimum Gasteiger partial charge on any atom is -0.496 e. The van der Waals surface area contributed by atoms with E-state index in [4.69, 9.17) is 9.47 Å². The summed E-state index contributed by atoms with van der Waals surface area (Å²) in [5.74, 6) is 1.07. The first-order chi connectivity index (χ1) is 15.8. The van der Waals surface area contributed by atoms with Crippen LogP contribution in [-0.2, 0) is 27.8 Å². The first kappa shape index (κ1) is 24.3. The van der Waals surface area contributed by atoms with Crippen LogP contribution in [0.15, 0.2) is 77.7 Å². The van der Waals surface area contributed by atoms with Gasteiger partial charge in [0.2, 0.25) is 15.9 Å². The summed E-state index contributed by atoms with van der Waals surface area (Å²) in [4.78, 5) is 12.6. The number of amides is 1. The fourth-order valence-electron chi connectivity index (χ4n) is 3.17. The number of ether oxygens (including phenoxy) is 2. The minimum atomic E-state index is -3.57. The summed E-state index contributed by atoms with van der Waals surface area (Å²) in [6, 6.07) is 21.7. The molecule has 0 saturated carbocycles. The van der Waals surface area contributed by atoms with E-state index in [0.717, 1.165) is 9.87 Å². The molecule has 0 aliphatic rings. The molecule has 0 spiro atoms. The molecule has 0 heterocycles. The number of methoxy groups -OCH3 is 1. The number of carbonyl (C=O) groups excluding carboxylic acids is 1. The van der Waals surface area contributed by atoms with Crippen LogP contribution in [-0.4, -0.2) is 39.8 Å². The molecule has 0 saturated heterocycles. The first-order valence-corrected chi connectivity index (χ1v) is 11.9. The molecular weight excluding hydrogens is 440 g/mol. The van der Waals surface area contributed by atoms with Gasteiger partial charge in [-0.3, -0.25) is 4.79 Å². The van der Waals surface area contributed by atoms with Crippen molar-refractivity contribution >= 4 is 21.6 Å². The molecule has 8 heteroatoms. The molecule has 0 aliphatic heterocycles. The molecule has 7 nitrogen and oxygen atoms in total. The molecule has 174 valence electrons. The predicted molar refractivity (Wildman–Crippen MR) is 128 cm³/mol. The molecule has 0 aliphatic carbocycles. The van der Waals surface area contributed by atoms with Gasteiger partial charge in [-0.05, 0) is 60.0 Å². The van der Waals surface area contributed by atoms with E-state index in [1.54, 1.807) is 36.4 Å². The summed E-state index contributed by atoms with van der Waals surface area (Å²) in [6.45, 7) is 0.469. The van der Waals surface area contributed by atoms with Gasteiger partial charge in [0, 0.05) is 26.2 Å². The highest BCUT2D eigenvalue weighted by atomic mass is 32.2. The summed E-state index contributed by atoms with van der Waals surface area (Å²) in [5, 5.41) is 2.85. The third-order valence-corrected chi connectivity index (χ3v) is 6.85. The van der Waals surface area contributed by atoms with Crippen molar-refractivity contribution in [2.45, 2.75) is 24.3 Å². The predicted octanol–water partition coefficient (Wildman–Crippen LogP) is 4.10. The van der Waals surface area contributed by atoms with Crippen molar-refractivity contribution in [3.8, 4) is 11.5 Å². The van der Waals surface area contributed by atoms with Crippen LogP contribution in [0.4, 0.5) is 5.69 Å². The van der Waals surface area contributed by atoms with Gasteiger partial charge in [-0.2, -0.15) is 0 Å². The van der Waals surface area contributed by atoms with Crippen LogP contribution in [0.1, 0.15) is 17.5 Å². The third kappa shape index (κ3) is 6.57.